The smallest absolute Gasteiger partial charge is 0.321 e. The summed E-state index contributed by atoms with van der Waals surface area (Å²) in [5.41, 5.74) is 8.65. The van der Waals surface area contributed by atoms with Crippen molar-refractivity contribution in [1.29, 1.82) is 0 Å². The van der Waals surface area contributed by atoms with Crippen molar-refractivity contribution < 1.29 is 33.8 Å². The number of H-pyrrole nitrogens is 2. The third kappa shape index (κ3) is 5.19. The predicted octanol–water partition coefficient (Wildman–Crippen LogP) is 4.71. The average molecular weight is 627 g/mol. The molecule has 46 heavy (non-hydrogen) atoms. The van der Waals surface area contributed by atoms with Crippen molar-refractivity contribution in [3.8, 4) is 0 Å². The summed E-state index contributed by atoms with van der Waals surface area (Å²) in [5, 5.41) is 12.4. The lowest BCUT2D eigenvalue weighted by molar-refractivity contribution is -0.142. The number of carboxylic acid groups (broad SMARTS) is 1. The Morgan fingerprint density at radius 2 is 1.83 bits per heavy atom. The van der Waals surface area contributed by atoms with Crippen LogP contribution in [0.1, 0.15) is 88.2 Å². The molecule has 2 aliphatic heterocycles. The second-order valence-corrected chi connectivity index (χ2v) is 12.0. The maximum absolute atomic E-state index is 14.0. The fraction of sp³-hybridized carbons (Fsp3) is 0.371. The monoisotopic (exact) mass is 626 g/mol. The summed E-state index contributed by atoms with van der Waals surface area (Å²) in [6.45, 7) is 13.2. The van der Waals surface area contributed by atoms with Crippen LogP contribution < -0.4 is 5.32 Å². The minimum atomic E-state index is -1.27. The number of hydrogen-bond donors (Lipinski definition) is 4. The van der Waals surface area contributed by atoms with E-state index in [4.69, 9.17) is 9.73 Å². The number of aliphatic imine (C=N–C) groups is 1. The van der Waals surface area contributed by atoms with Crippen molar-refractivity contribution in [3.63, 3.8) is 0 Å². The van der Waals surface area contributed by atoms with Gasteiger partial charge >= 0.3 is 11.9 Å². The maximum atomic E-state index is 14.0. The van der Waals surface area contributed by atoms with Crippen LogP contribution in [0, 0.1) is 31.6 Å². The predicted molar refractivity (Wildman–Crippen MR) is 171 cm³/mol. The molecule has 0 saturated carbocycles. The van der Waals surface area contributed by atoms with Crippen LogP contribution in [-0.4, -0.2) is 57.8 Å². The number of amides is 1. The van der Waals surface area contributed by atoms with Crippen molar-refractivity contribution in [3.05, 3.63) is 86.3 Å². The molecule has 0 aromatic carbocycles. The molecule has 3 aliphatic rings. The second-order valence-electron chi connectivity index (χ2n) is 12.0. The Morgan fingerprint density at radius 1 is 1.11 bits per heavy atom. The number of aliphatic carboxylic acids is 1. The summed E-state index contributed by atoms with van der Waals surface area (Å²) < 4.78 is 5.10. The average Bonchev–Trinajstić information content (AvgIpc) is 3.76. The molecule has 11 nitrogen and oxygen atoms in total. The number of methoxy groups -OCH3 is 1. The molecule has 11 heteroatoms. The van der Waals surface area contributed by atoms with Crippen LogP contribution in [0.25, 0.3) is 5.57 Å². The number of allylic oxidation sites excluding steroid dienone is 3. The SMILES string of the molecule is C=CC1=C(C)/C(=C/C2=NC(=C3\c4[nH]c(Cc5[nH]c(C=O)c(C)c5CC)c(C)c4C(=O)[C@@H]3C(=O)OC)/[C@@H](CCC(=O)O)[C@@H]2C)NC1=O. The number of aldehydes is 1. The van der Waals surface area contributed by atoms with E-state index < -0.39 is 29.6 Å². The largest absolute Gasteiger partial charge is 0.481 e. The van der Waals surface area contributed by atoms with Gasteiger partial charge < -0.3 is 25.1 Å². The number of hydrogen-bond acceptors (Lipinski definition) is 7. The van der Waals surface area contributed by atoms with Crippen LogP contribution in [-0.2, 0) is 32.0 Å². The number of esters is 1. The molecular formula is C35H38N4O7. The fourth-order valence-corrected chi connectivity index (χ4v) is 7.01. The van der Waals surface area contributed by atoms with E-state index in [2.05, 4.69) is 21.9 Å². The Hall–Kier alpha value is -5.06. The van der Waals surface area contributed by atoms with Crippen molar-refractivity contribution in [2.45, 2.75) is 60.3 Å². The van der Waals surface area contributed by atoms with Gasteiger partial charge in [-0.1, -0.05) is 26.5 Å². The molecule has 0 spiro atoms. The van der Waals surface area contributed by atoms with Crippen LogP contribution >= 0.6 is 0 Å². The van der Waals surface area contributed by atoms with Gasteiger partial charge in [0.1, 0.15) is 5.92 Å². The summed E-state index contributed by atoms with van der Waals surface area (Å²) >= 11 is 0. The van der Waals surface area contributed by atoms with Gasteiger partial charge in [-0.3, -0.25) is 29.0 Å². The van der Waals surface area contributed by atoms with Crippen LogP contribution in [0.4, 0.5) is 0 Å². The van der Waals surface area contributed by atoms with Gasteiger partial charge in [0.15, 0.2) is 12.1 Å². The number of carboxylic acids is 1. The van der Waals surface area contributed by atoms with Gasteiger partial charge in [-0.2, -0.15) is 0 Å². The Labute approximate surface area is 266 Å². The molecule has 0 bridgehead atoms. The molecule has 3 atom stereocenters. The van der Waals surface area contributed by atoms with Crippen LogP contribution in [0.2, 0.25) is 0 Å². The highest BCUT2D eigenvalue weighted by Gasteiger charge is 2.48. The third-order valence-electron chi connectivity index (χ3n) is 9.60. The minimum Gasteiger partial charge on any atom is -0.481 e. The normalized spacial score (nSPS) is 23.2. The second kappa shape index (κ2) is 12.4. The van der Waals surface area contributed by atoms with Crippen LogP contribution in [0.15, 0.2) is 46.3 Å². The van der Waals surface area contributed by atoms with Crippen molar-refractivity contribution in [1.82, 2.24) is 15.3 Å². The van der Waals surface area contributed by atoms with Gasteiger partial charge in [0.2, 0.25) is 0 Å². The number of rotatable bonds is 10. The molecule has 0 unspecified atom stereocenters. The standard InChI is InChI=1S/C35H38N4O7/c1-8-19-15(3)26(14-40)36-25(19)13-24-18(6)28-32(38-24)29(30(33(28)43)35(45)46-7)31-21(10-11-27(41)42)17(5)22(37-31)12-23-16(4)20(9-2)34(44)39-23/h9,12,14,17,21,30,36,38H,2,8,10-11,13H2,1,3-7H3,(H,39,44)(H,41,42)/b23-12-,31-29-/t17-,21-,30+/m0/s1. The van der Waals surface area contributed by atoms with Gasteiger partial charge in [0, 0.05) is 64.2 Å². The first-order valence-electron chi connectivity index (χ1n) is 15.3. The topological polar surface area (TPSA) is 171 Å². The molecule has 240 valence electrons. The van der Waals surface area contributed by atoms with E-state index >= 15 is 0 Å². The van der Waals surface area contributed by atoms with Gasteiger partial charge in [0.05, 0.1) is 24.2 Å². The molecule has 4 heterocycles. The summed E-state index contributed by atoms with van der Waals surface area (Å²) in [6.07, 6.45) is 5.22. The van der Waals surface area contributed by atoms with Crippen molar-refractivity contribution in [2.24, 2.45) is 22.7 Å². The molecule has 1 aliphatic carbocycles. The summed E-state index contributed by atoms with van der Waals surface area (Å²) in [7, 11) is 1.22. The number of carbonyl (C=O) groups is 5. The Kier molecular flexibility index (Phi) is 8.70. The van der Waals surface area contributed by atoms with E-state index in [1.165, 1.54) is 13.2 Å². The maximum Gasteiger partial charge on any atom is 0.321 e. The number of Topliss-reactive ketones (excluding diaryl/α,β-unsaturated/α-hetero) is 1. The molecule has 0 saturated heterocycles. The number of fused-ring (bicyclic) bond motifs is 1. The lowest BCUT2D eigenvalue weighted by Gasteiger charge is -2.20. The van der Waals surface area contributed by atoms with E-state index in [1.54, 1.807) is 13.0 Å². The van der Waals surface area contributed by atoms with Crippen LogP contribution in [0.3, 0.4) is 0 Å². The molecule has 2 aromatic rings. The molecular weight excluding hydrogens is 588 g/mol. The molecule has 4 N–H and O–H groups in total. The van der Waals surface area contributed by atoms with Gasteiger partial charge in [0.25, 0.3) is 5.91 Å². The molecule has 5 rings (SSSR count). The summed E-state index contributed by atoms with van der Waals surface area (Å²) in [5.74, 6) is -4.41. The van der Waals surface area contributed by atoms with Crippen molar-refractivity contribution >= 4 is 41.2 Å². The third-order valence-corrected chi connectivity index (χ3v) is 9.60. The zero-order valence-electron chi connectivity index (χ0n) is 26.8. The van der Waals surface area contributed by atoms with Gasteiger partial charge in [-0.05, 0) is 62.0 Å². The number of nitrogens with one attached hydrogen (secondary N) is 3. The number of ketones is 1. The first-order valence-corrected chi connectivity index (χ1v) is 15.3. The summed E-state index contributed by atoms with van der Waals surface area (Å²) in [6, 6.07) is 0. The lowest BCUT2D eigenvalue weighted by atomic mass is 9.83. The number of aromatic nitrogens is 2. The highest BCUT2D eigenvalue weighted by Crippen LogP contribution is 2.48. The summed E-state index contributed by atoms with van der Waals surface area (Å²) in [4.78, 5) is 74.6. The highest BCUT2D eigenvalue weighted by molar-refractivity contribution is 6.24. The number of ether oxygens (including phenoxy) is 1. The van der Waals surface area contributed by atoms with Gasteiger partial charge in [-0.15, -0.1) is 0 Å². The first-order chi connectivity index (χ1) is 21.9. The Bertz CT molecular complexity index is 1840. The van der Waals surface area contributed by atoms with E-state index in [0.717, 1.165) is 28.8 Å². The van der Waals surface area contributed by atoms with E-state index in [0.29, 0.717) is 69.2 Å². The Morgan fingerprint density at radius 3 is 2.41 bits per heavy atom. The molecule has 0 radical (unpaired) electrons. The number of nitrogens with zero attached hydrogens (tertiary/aromatic N) is 1. The van der Waals surface area contributed by atoms with Crippen LogP contribution in [0.5, 0.6) is 0 Å². The Balaban J connectivity index is 1.70. The van der Waals surface area contributed by atoms with Crippen molar-refractivity contribution in [2.75, 3.05) is 7.11 Å². The first kappa shape index (κ1) is 32.3. The van der Waals surface area contributed by atoms with E-state index in [9.17, 15) is 29.1 Å². The number of aromatic amines is 2. The van der Waals surface area contributed by atoms with E-state index in [-0.39, 0.29) is 24.7 Å². The van der Waals surface area contributed by atoms with Gasteiger partial charge in [-0.25, -0.2) is 0 Å². The molecule has 1 amide bonds. The van der Waals surface area contributed by atoms with E-state index in [1.807, 2.05) is 27.7 Å². The quantitative estimate of drug-likeness (QED) is 0.168. The fourth-order valence-electron chi connectivity index (χ4n) is 7.01. The zero-order valence-corrected chi connectivity index (χ0v) is 26.8. The molecule has 0 fully saturated rings. The zero-order chi connectivity index (χ0) is 33.6. The highest BCUT2D eigenvalue weighted by atomic mass is 16.5. The lowest BCUT2D eigenvalue weighted by Crippen LogP contribution is -2.24. The number of carbonyl (C=O) groups excluding carboxylic acids is 4. The molecule has 2 aromatic heterocycles. The minimum absolute atomic E-state index is 0.148.